The van der Waals surface area contributed by atoms with Crippen LogP contribution in [0.5, 0.6) is 0 Å². The Morgan fingerprint density at radius 2 is 1.90 bits per heavy atom. The highest BCUT2D eigenvalue weighted by molar-refractivity contribution is 5.80. The number of hydrazine groups is 1. The van der Waals surface area contributed by atoms with Crippen molar-refractivity contribution in [2.75, 3.05) is 26.7 Å². The normalized spacial score (nSPS) is 17.4. The Kier molecular flexibility index (Phi) is 5.95. The first-order valence-electron chi connectivity index (χ1n) is 7.31. The van der Waals surface area contributed by atoms with Crippen LogP contribution in [0.2, 0.25) is 0 Å². The first-order valence-corrected chi connectivity index (χ1v) is 7.31. The minimum Gasteiger partial charge on any atom is -0.342 e. The molecule has 0 aromatic heterocycles. The third-order valence-corrected chi connectivity index (χ3v) is 4.63. The Labute approximate surface area is 121 Å². The van der Waals surface area contributed by atoms with Crippen molar-refractivity contribution in [1.82, 2.24) is 15.2 Å². The van der Waals surface area contributed by atoms with Crippen molar-refractivity contribution in [1.29, 1.82) is 0 Å². The topological polar surface area (TPSA) is 78.7 Å². The fourth-order valence-corrected chi connectivity index (χ4v) is 2.30. The molecule has 6 heteroatoms. The van der Waals surface area contributed by atoms with Gasteiger partial charge in [0.1, 0.15) is 0 Å². The third-order valence-electron chi connectivity index (χ3n) is 4.63. The van der Waals surface area contributed by atoms with Crippen LogP contribution in [0.1, 0.15) is 40.0 Å². The number of hydrogen-bond donors (Lipinski definition) is 2. The van der Waals surface area contributed by atoms with Gasteiger partial charge >= 0.3 is 0 Å². The SMILES string of the molecule is CCC(C)(C)N(C)CC(=O)N1CCC(C(=O)NN)CC1. The molecule has 1 aliphatic heterocycles. The highest BCUT2D eigenvalue weighted by Crippen LogP contribution is 2.19. The van der Waals surface area contributed by atoms with Crippen LogP contribution in [0.4, 0.5) is 0 Å². The zero-order valence-corrected chi connectivity index (χ0v) is 13.1. The summed E-state index contributed by atoms with van der Waals surface area (Å²) >= 11 is 0. The zero-order chi connectivity index (χ0) is 15.3. The van der Waals surface area contributed by atoms with E-state index in [1.54, 1.807) is 0 Å². The van der Waals surface area contributed by atoms with Crippen LogP contribution in [-0.2, 0) is 9.59 Å². The summed E-state index contributed by atoms with van der Waals surface area (Å²) in [5, 5.41) is 0. The highest BCUT2D eigenvalue weighted by Gasteiger charge is 2.29. The van der Waals surface area contributed by atoms with Gasteiger partial charge in [0.15, 0.2) is 0 Å². The quantitative estimate of drug-likeness (QED) is 0.433. The molecule has 0 aromatic rings. The summed E-state index contributed by atoms with van der Waals surface area (Å²) < 4.78 is 0. The van der Waals surface area contributed by atoms with Crippen molar-refractivity contribution < 1.29 is 9.59 Å². The summed E-state index contributed by atoms with van der Waals surface area (Å²) in [5.74, 6) is 5.09. The van der Waals surface area contributed by atoms with E-state index in [0.29, 0.717) is 32.5 Å². The average Bonchev–Trinajstić information content (AvgIpc) is 2.46. The number of likely N-dealkylation sites (N-methyl/N-ethyl adjacent to an activating group) is 1. The summed E-state index contributed by atoms with van der Waals surface area (Å²) in [6, 6.07) is 0. The third kappa shape index (κ3) is 4.18. The number of likely N-dealkylation sites (tertiary alicyclic amines) is 1. The van der Waals surface area contributed by atoms with E-state index >= 15 is 0 Å². The highest BCUT2D eigenvalue weighted by atomic mass is 16.2. The van der Waals surface area contributed by atoms with Gasteiger partial charge < -0.3 is 4.90 Å². The predicted octanol–water partition coefficient (Wildman–Crippen LogP) is 0.335. The molecule has 1 saturated heterocycles. The van der Waals surface area contributed by atoms with E-state index in [0.717, 1.165) is 6.42 Å². The minimum absolute atomic E-state index is 0.0212. The molecule has 3 N–H and O–H groups in total. The van der Waals surface area contributed by atoms with Crippen molar-refractivity contribution in [2.24, 2.45) is 11.8 Å². The van der Waals surface area contributed by atoms with Crippen LogP contribution >= 0.6 is 0 Å². The lowest BCUT2D eigenvalue weighted by Crippen LogP contribution is -2.50. The van der Waals surface area contributed by atoms with Crippen LogP contribution in [0, 0.1) is 5.92 Å². The summed E-state index contributed by atoms with van der Waals surface area (Å²) in [6.45, 7) is 8.09. The Balaban J connectivity index is 2.45. The molecule has 0 aromatic carbocycles. The van der Waals surface area contributed by atoms with Crippen LogP contribution in [0.3, 0.4) is 0 Å². The molecule has 0 spiro atoms. The molecular weight excluding hydrogens is 256 g/mol. The van der Waals surface area contributed by atoms with E-state index in [-0.39, 0.29) is 23.3 Å². The number of carbonyl (C=O) groups excluding carboxylic acids is 2. The molecule has 2 amide bonds. The molecule has 0 radical (unpaired) electrons. The number of nitrogens with one attached hydrogen (secondary N) is 1. The van der Waals surface area contributed by atoms with Crippen molar-refractivity contribution in [3.8, 4) is 0 Å². The Hall–Kier alpha value is -1.14. The maximum Gasteiger partial charge on any atom is 0.237 e. The first kappa shape index (κ1) is 16.9. The number of nitrogens with zero attached hydrogens (tertiary/aromatic N) is 2. The average molecular weight is 284 g/mol. The van der Waals surface area contributed by atoms with Gasteiger partial charge in [-0.2, -0.15) is 0 Å². The molecule has 1 rings (SSSR count). The first-order chi connectivity index (χ1) is 9.31. The molecule has 0 aliphatic carbocycles. The molecule has 1 fully saturated rings. The molecule has 0 unspecified atom stereocenters. The Morgan fingerprint density at radius 3 is 2.35 bits per heavy atom. The number of hydrogen-bond acceptors (Lipinski definition) is 4. The molecule has 0 bridgehead atoms. The van der Waals surface area contributed by atoms with Gasteiger partial charge in [-0.25, -0.2) is 5.84 Å². The second kappa shape index (κ2) is 7.04. The van der Waals surface area contributed by atoms with Crippen LogP contribution in [0.25, 0.3) is 0 Å². The van der Waals surface area contributed by atoms with E-state index in [1.807, 2.05) is 11.9 Å². The van der Waals surface area contributed by atoms with Gasteiger partial charge in [0, 0.05) is 24.5 Å². The van der Waals surface area contributed by atoms with E-state index in [1.165, 1.54) is 0 Å². The van der Waals surface area contributed by atoms with E-state index < -0.39 is 0 Å². The molecule has 6 nitrogen and oxygen atoms in total. The summed E-state index contributed by atoms with van der Waals surface area (Å²) in [7, 11) is 1.98. The maximum atomic E-state index is 12.3. The molecular formula is C14H28N4O2. The van der Waals surface area contributed by atoms with E-state index in [2.05, 4.69) is 31.1 Å². The molecule has 1 aliphatic rings. The van der Waals surface area contributed by atoms with Crippen molar-refractivity contribution in [3.63, 3.8) is 0 Å². The standard InChI is InChI=1S/C14H28N4O2/c1-5-14(2,3)17(4)10-12(19)18-8-6-11(7-9-18)13(20)16-15/h11H,5-10,15H2,1-4H3,(H,16,20). The lowest BCUT2D eigenvalue weighted by molar-refractivity contribution is -0.137. The second-order valence-corrected chi connectivity index (χ2v) is 6.19. The lowest BCUT2D eigenvalue weighted by atomic mass is 9.96. The van der Waals surface area contributed by atoms with Gasteiger partial charge in [0.2, 0.25) is 11.8 Å². The number of piperidine rings is 1. The van der Waals surface area contributed by atoms with Crippen LogP contribution in [-0.4, -0.2) is 53.8 Å². The van der Waals surface area contributed by atoms with Crippen LogP contribution < -0.4 is 11.3 Å². The largest absolute Gasteiger partial charge is 0.342 e. The van der Waals surface area contributed by atoms with Crippen LogP contribution in [0.15, 0.2) is 0 Å². The summed E-state index contributed by atoms with van der Waals surface area (Å²) in [4.78, 5) is 27.7. The van der Waals surface area contributed by atoms with Gasteiger partial charge in [0.05, 0.1) is 6.54 Å². The number of amides is 2. The summed E-state index contributed by atoms with van der Waals surface area (Å²) in [5.41, 5.74) is 2.21. The van der Waals surface area contributed by atoms with Gasteiger partial charge in [-0.1, -0.05) is 6.92 Å². The minimum atomic E-state index is -0.124. The van der Waals surface area contributed by atoms with Crippen molar-refractivity contribution in [2.45, 2.75) is 45.6 Å². The molecule has 116 valence electrons. The van der Waals surface area contributed by atoms with Gasteiger partial charge in [0.25, 0.3) is 0 Å². The monoisotopic (exact) mass is 284 g/mol. The molecule has 20 heavy (non-hydrogen) atoms. The fraction of sp³-hybridized carbons (Fsp3) is 0.857. The van der Waals surface area contributed by atoms with E-state index in [4.69, 9.17) is 5.84 Å². The number of nitrogens with two attached hydrogens (primary N) is 1. The number of rotatable bonds is 5. The van der Waals surface area contributed by atoms with Crippen molar-refractivity contribution >= 4 is 11.8 Å². The maximum absolute atomic E-state index is 12.3. The van der Waals surface area contributed by atoms with E-state index in [9.17, 15) is 9.59 Å². The molecule has 1 heterocycles. The Bertz CT molecular complexity index is 349. The zero-order valence-electron chi connectivity index (χ0n) is 13.1. The smallest absolute Gasteiger partial charge is 0.237 e. The second-order valence-electron chi connectivity index (χ2n) is 6.19. The van der Waals surface area contributed by atoms with Gasteiger partial charge in [-0.05, 0) is 40.2 Å². The summed E-state index contributed by atoms with van der Waals surface area (Å²) in [6.07, 6.45) is 2.38. The van der Waals surface area contributed by atoms with Gasteiger partial charge in [-0.15, -0.1) is 0 Å². The number of carbonyl (C=O) groups is 2. The lowest BCUT2D eigenvalue weighted by Gasteiger charge is -2.37. The van der Waals surface area contributed by atoms with Crippen molar-refractivity contribution in [3.05, 3.63) is 0 Å². The Morgan fingerprint density at radius 1 is 1.35 bits per heavy atom. The predicted molar refractivity (Wildman–Crippen MR) is 78.6 cm³/mol. The molecule has 0 saturated carbocycles. The fourth-order valence-electron chi connectivity index (χ4n) is 2.30. The van der Waals surface area contributed by atoms with Gasteiger partial charge in [-0.3, -0.25) is 19.9 Å². The molecule has 0 atom stereocenters.